The Hall–Kier alpha value is -1.96. The van der Waals surface area contributed by atoms with Gasteiger partial charge in [-0.3, -0.25) is 0 Å². The maximum atomic E-state index is 4.20. The molecule has 2 nitrogen and oxygen atoms in total. The quantitative estimate of drug-likeness (QED) is 0.590. The summed E-state index contributed by atoms with van der Waals surface area (Å²) in [6.07, 6.45) is 1.25. The Labute approximate surface area is 109 Å². The van der Waals surface area contributed by atoms with Gasteiger partial charge in [0.25, 0.3) is 0 Å². The van der Waals surface area contributed by atoms with E-state index in [4.69, 9.17) is 0 Å². The van der Waals surface area contributed by atoms with Gasteiger partial charge in [-0.05, 0) is 30.7 Å². The van der Waals surface area contributed by atoms with Gasteiger partial charge in [-0.1, -0.05) is 56.7 Å². The lowest BCUT2D eigenvalue weighted by Gasteiger charge is -1.96. The minimum absolute atomic E-state index is 0.876. The van der Waals surface area contributed by atoms with Gasteiger partial charge in [-0.2, -0.15) is 10.2 Å². The zero-order chi connectivity index (χ0) is 13.2. The van der Waals surface area contributed by atoms with Crippen LogP contribution < -0.4 is 0 Å². The molecule has 0 heterocycles. The maximum absolute atomic E-state index is 4.20. The largest absolute Gasteiger partial charge is 0.151 e. The van der Waals surface area contributed by atoms with Crippen molar-refractivity contribution in [2.45, 2.75) is 27.2 Å². The van der Waals surface area contributed by atoms with E-state index in [1.807, 2.05) is 61.5 Å². The van der Waals surface area contributed by atoms with Gasteiger partial charge in [0.15, 0.2) is 0 Å². The molecule has 0 aliphatic heterocycles. The molecule has 94 valence electrons. The fourth-order valence-electron chi connectivity index (χ4n) is 1.28. The highest BCUT2D eigenvalue weighted by Crippen LogP contribution is 2.20. The van der Waals surface area contributed by atoms with Crippen LogP contribution in [0.1, 0.15) is 25.8 Å². The average Bonchev–Trinajstić information content (AvgIpc) is 2.40. The van der Waals surface area contributed by atoms with Gasteiger partial charge < -0.3 is 0 Å². The molecule has 0 radical (unpaired) electrons. The van der Waals surface area contributed by atoms with E-state index in [9.17, 15) is 0 Å². The summed E-state index contributed by atoms with van der Waals surface area (Å²) in [5.41, 5.74) is 2.93. The van der Waals surface area contributed by atoms with E-state index in [1.165, 1.54) is 6.42 Å². The Morgan fingerprint density at radius 1 is 0.778 bits per heavy atom. The van der Waals surface area contributed by atoms with Gasteiger partial charge in [-0.25, -0.2) is 0 Å². The molecule has 0 fully saturated rings. The maximum Gasteiger partial charge on any atom is 0.0886 e. The first kappa shape index (κ1) is 14.1. The molecule has 2 rings (SSSR count). The van der Waals surface area contributed by atoms with Crippen molar-refractivity contribution in [1.29, 1.82) is 0 Å². The number of rotatable bonds is 2. The molecular weight excluding hydrogens is 220 g/mol. The third-order valence-corrected chi connectivity index (χ3v) is 2.14. The third kappa shape index (κ3) is 4.91. The SMILES string of the molecule is CCC.Cc1ccccc1N=Nc1ccccc1. The Kier molecular flexibility index (Phi) is 6.41. The summed E-state index contributed by atoms with van der Waals surface area (Å²) in [6.45, 7) is 6.28. The molecule has 0 amide bonds. The number of hydrogen-bond donors (Lipinski definition) is 0. The minimum atomic E-state index is 0.876. The van der Waals surface area contributed by atoms with Crippen LogP contribution in [-0.2, 0) is 0 Å². The molecule has 0 saturated carbocycles. The number of aryl methyl sites for hydroxylation is 1. The van der Waals surface area contributed by atoms with E-state index in [-0.39, 0.29) is 0 Å². The van der Waals surface area contributed by atoms with Gasteiger partial charge in [0.2, 0.25) is 0 Å². The van der Waals surface area contributed by atoms with Crippen LogP contribution in [0.3, 0.4) is 0 Å². The zero-order valence-corrected chi connectivity index (χ0v) is 11.3. The van der Waals surface area contributed by atoms with Gasteiger partial charge in [0.1, 0.15) is 0 Å². The highest BCUT2D eigenvalue weighted by atomic mass is 15.1. The average molecular weight is 240 g/mol. The molecule has 2 aromatic carbocycles. The molecule has 0 saturated heterocycles. The van der Waals surface area contributed by atoms with Crippen LogP contribution in [0.4, 0.5) is 11.4 Å². The molecule has 0 bridgehead atoms. The molecule has 0 unspecified atom stereocenters. The normalized spacial score (nSPS) is 9.94. The van der Waals surface area contributed by atoms with Crippen LogP contribution in [0.25, 0.3) is 0 Å². The van der Waals surface area contributed by atoms with Crippen LogP contribution in [0, 0.1) is 6.92 Å². The second-order valence-electron chi connectivity index (χ2n) is 4.03. The Morgan fingerprint density at radius 2 is 1.33 bits per heavy atom. The van der Waals surface area contributed by atoms with Crippen molar-refractivity contribution < 1.29 is 0 Å². The number of hydrogen-bond acceptors (Lipinski definition) is 2. The second kappa shape index (κ2) is 8.18. The second-order valence-corrected chi connectivity index (χ2v) is 4.03. The highest BCUT2D eigenvalue weighted by molar-refractivity contribution is 5.45. The summed E-state index contributed by atoms with van der Waals surface area (Å²) in [5, 5.41) is 8.36. The predicted octanol–water partition coefficient (Wildman–Crippen LogP) is 5.83. The lowest BCUT2D eigenvalue weighted by molar-refractivity contribution is 1.09. The molecule has 0 aromatic heterocycles. The molecule has 0 N–H and O–H groups in total. The summed E-state index contributed by atoms with van der Waals surface area (Å²) in [4.78, 5) is 0. The molecular formula is C16H20N2. The van der Waals surface area contributed by atoms with E-state index >= 15 is 0 Å². The Balaban J connectivity index is 0.000000492. The van der Waals surface area contributed by atoms with Crippen molar-refractivity contribution in [1.82, 2.24) is 0 Å². The highest BCUT2D eigenvalue weighted by Gasteiger charge is 1.93. The van der Waals surface area contributed by atoms with Crippen molar-refractivity contribution >= 4 is 11.4 Å². The van der Waals surface area contributed by atoms with Gasteiger partial charge in [0.05, 0.1) is 11.4 Å². The van der Waals surface area contributed by atoms with Crippen molar-refractivity contribution in [3.63, 3.8) is 0 Å². The Morgan fingerprint density at radius 3 is 1.94 bits per heavy atom. The first-order valence-corrected chi connectivity index (χ1v) is 6.30. The number of benzene rings is 2. The van der Waals surface area contributed by atoms with E-state index in [0.717, 1.165) is 16.9 Å². The fourth-order valence-corrected chi connectivity index (χ4v) is 1.28. The zero-order valence-electron chi connectivity index (χ0n) is 11.3. The van der Waals surface area contributed by atoms with Crippen LogP contribution in [0.15, 0.2) is 64.8 Å². The standard InChI is InChI=1S/C13H12N2.C3H8/c1-11-7-5-6-10-13(11)15-14-12-8-3-2-4-9-12;1-3-2/h2-10H,1H3;3H2,1-2H3. The lowest BCUT2D eigenvalue weighted by Crippen LogP contribution is -1.70. The number of nitrogens with zero attached hydrogens (tertiary/aromatic N) is 2. The molecule has 18 heavy (non-hydrogen) atoms. The molecule has 0 atom stereocenters. The molecule has 2 aromatic rings. The summed E-state index contributed by atoms with van der Waals surface area (Å²) in [7, 11) is 0. The minimum Gasteiger partial charge on any atom is -0.151 e. The first-order chi connectivity index (χ1) is 8.77. The van der Waals surface area contributed by atoms with Crippen LogP contribution in [0.2, 0.25) is 0 Å². The van der Waals surface area contributed by atoms with Gasteiger partial charge >= 0.3 is 0 Å². The summed E-state index contributed by atoms with van der Waals surface area (Å²) in [6, 6.07) is 17.7. The van der Waals surface area contributed by atoms with E-state index in [0.29, 0.717) is 0 Å². The van der Waals surface area contributed by atoms with Crippen molar-refractivity contribution in [2.24, 2.45) is 10.2 Å². The van der Waals surface area contributed by atoms with E-state index in [1.54, 1.807) is 0 Å². The third-order valence-electron chi connectivity index (χ3n) is 2.14. The molecule has 0 aliphatic carbocycles. The van der Waals surface area contributed by atoms with Crippen LogP contribution in [0.5, 0.6) is 0 Å². The van der Waals surface area contributed by atoms with Crippen LogP contribution >= 0.6 is 0 Å². The lowest BCUT2D eigenvalue weighted by atomic mass is 10.2. The van der Waals surface area contributed by atoms with Gasteiger partial charge in [-0.15, -0.1) is 0 Å². The predicted molar refractivity (Wildman–Crippen MR) is 77.8 cm³/mol. The topological polar surface area (TPSA) is 24.7 Å². The van der Waals surface area contributed by atoms with Crippen molar-refractivity contribution in [3.05, 3.63) is 60.2 Å². The van der Waals surface area contributed by atoms with E-state index < -0.39 is 0 Å². The van der Waals surface area contributed by atoms with E-state index in [2.05, 4.69) is 24.1 Å². The molecule has 0 spiro atoms. The summed E-state index contributed by atoms with van der Waals surface area (Å²) in [5.74, 6) is 0. The van der Waals surface area contributed by atoms with Crippen LogP contribution in [-0.4, -0.2) is 0 Å². The summed E-state index contributed by atoms with van der Waals surface area (Å²) < 4.78 is 0. The monoisotopic (exact) mass is 240 g/mol. The molecule has 2 heteroatoms. The smallest absolute Gasteiger partial charge is 0.0886 e. The van der Waals surface area contributed by atoms with Gasteiger partial charge in [0, 0.05) is 0 Å². The number of azo groups is 1. The first-order valence-electron chi connectivity index (χ1n) is 6.30. The van der Waals surface area contributed by atoms with Crippen molar-refractivity contribution in [2.75, 3.05) is 0 Å². The fraction of sp³-hybridized carbons (Fsp3) is 0.250. The Bertz CT molecular complexity index is 475. The summed E-state index contributed by atoms with van der Waals surface area (Å²) >= 11 is 0. The molecule has 0 aliphatic rings. The van der Waals surface area contributed by atoms with Crippen molar-refractivity contribution in [3.8, 4) is 0 Å².